The van der Waals surface area contributed by atoms with Crippen molar-refractivity contribution in [2.45, 2.75) is 13.8 Å². The number of aromatic carboxylic acids is 1. The Morgan fingerprint density at radius 2 is 2.00 bits per heavy atom. The van der Waals surface area contributed by atoms with Crippen LogP contribution in [0.3, 0.4) is 0 Å². The maximum atomic E-state index is 11.5. The van der Waals surface area contributed by atoms with Crippen molar-refractivity contribution >= 4 is 29.4 Å². The summed E-state index contributed by atoms with van der Waals surface area (Å²) < 4.78 is 4.82. The average molecular weight is 264 g/mol. The number of benzene rings is 1. The number of hydrogen-bond acceptors (Lipinski definition) is 5. The molecule has 0 unspecified atom stereocenters. The van der Waals surface area contributed by atoms with Crippen LogP contribution in [0.1, 0.15) is 29.8 Å². The van der Waals surface area contributed by atoms with Crippen LogP contribution in [0.25, 0.3) is 6.08 Å². The molecule has 6 nitrogen and oxygen atoms in total. The number of carbonyl (C=O) groups excluding carboxylic acids is 1. The molecule has 0 fully saturated rings. The number of anilines is 2. The van der Waals surface area contributed by atoms with Crippen molar-refractivity contribution in [1.82, 2.24) is 0 Å². The van der Waals surface area contributed by atoms with Gasteiger partial charge in [0.25, 0.3) is 0 Å². The van der Waals surface area contributed by atoms with Crippen LogP contribution >= 0.6 is 0 Å². The molecule has 0 aliphatic carbocycles. The first-order valence-corrected chi connectivity index (χ1v) is 5.64. The van der Waals surface area contributed by atoms with E-state index in [2.05, 4.69) is 0 Å². The van der Waals surface area contributed by atoms with Gasteiger partial charge in [-0.15, -0.1) is 0 Å². The second-order valence-electron chi connectivity index (χ2n) is 3.92. The fraction of sp³-hybridized carbons (Fsp3) is 0.231. The van der Waals surface area contributed by atoms with Gasteiger partial charge < -0.3 is 21.3 Å². The van der Waals surface area contributed by atoms with E-state index in [1.54, 1.807) is 6.92 Å². The van der Waals surface area contributed by atoms with E-state index in [-0.39, 0.29) is 34.7 Å². The molecule has 0 heterocycles. The van der Waals surface area contributed by atoms with E-state index in [1.807, 2.05) is 0 Å². The Hall–Kier alpha value is -2.50. The molecule has 0 bridgehead atoms. The van der Waals surface area contributed by atoms with Gasteiger partial charge in [0, 0.05) is 22.5 Å². The summed E-state index contributed by atoms with van der Waals surface area (Å²) in [6.45, 7) is 3.46. The summed E-state index contributed by atoms with van der Waals surface area (Å²) in [4.78, 5) is 22.7. The van der Waals surface area contributed by atoms with Crippen molar-refractivity contribution in [3.8, 4) is 0 Å². The molecule has 0 saturated heterocycles. The van der Waals surface area contributed by atoms with Gasteiger partial charge in [0.15, 0.2) is 0 Å². The molecule has 1 rings (SSSR count). The predicted octanol–water partition coefficient (Wildman–Crippen LogP) is 1.52. The van der Waals surface area contributed by atoms with Gasteiger partial charge >= 0.3 is 11.9 Å². The van der Waals surface area contributed by atoms with Gasteiger partial charge in [-0.2, -0.15) is 0 Å². The number of carboxylic acid groups (broad SMARTS) is 1. The van der Waals surface area contributed by atoms with Gasteiger partial charge in [-0.05, 0) is 32.1 Å². The highest BCUT2D eigenvalue weighted by Gasteiger charge is 2.14. The van der Waals surface area contributed by atoms with Gasteiger partial charge in [-0.1, -0.05) is 0 Å². The number of carbonyl (C=O) groups is 2. The number of nitrogen functional groups attached to an aromatic ring is 2. The van der Waals surface area contributed by atoms with Gasteiger partial charge in [-0.25, -0.2) is 9.59 Å². The fourth-order valence-electron chi connectivity index (χ4n) is 1.56. The summed E-state index contributed by atoms with van der Waals surface area (Å²) in [5.74, 6) is -1.68. The zero-order valence-corrected chi connectivity index (χ0v) is 10.8. The lowest BCUT2D eigenvalue weighted by Crippen LogP contribution is -2.08. The van der Waals surface area contributed by atoms with Crippen molar-refractivity contribution in [3.05, 3.63) is 28.8 Å². The normalized spacial score (nSPS) is 11.2. The van der Waals surface area contributed by atoms with Crippen LogP contribution in [0, 0.1) is 0 Å². The molecule has 1 aromatic carbocycles. The smallest absolute Gasteiger partial charge is 0.336 e. The largest absolute Gasteiger partial charge is 0.478 e. The van der Waals surface area contributed by atoms with Crippen LogP contribution < -0.4 is 11.5 Å². The summed E-state index contributed by atoms with van der Waals surface area (Å²) in [6, 6.07) is 2.74. The van der Waals surface area contributed by atoms with Gasteiger partial charge in [0.1, 0.15) is 0 Å². The highest BCUT2D eigenvalue weighted by molar-refractivity contribution is 6.00. The van der Waals surface area contributed by atoms with Crippen LogP contribution in [0.15, 0.2) is 17.7 Å². The van der Waals surface area contributed by atoms with E-state index in [1.165, 1.54) is 25.1 Å². The highest BCUT2D eigenvalue weighted by atomic mass is 16.5. The fourth-order valence-corrected chi connectivity index (χ4v) is 1.56. The van der Waals surface area contributed by atoms with Crippen molar-refractivity contribution in [1.29, 1.82) is 0 Å². The SMILES string of the molecule is CCOC(=O)C(C)=Cc1c(N)cc(N)cc1C(=O)O. The van der Waals surface area contributed by atoms with E-state index < -0.39 is 11.9 Å². The maximum absolute atomic E-state index is 11.5. The number of hydrogen-bond donors (Lipinski definition) is 3. The Kier molecular flexibility index (Phi) is 4.52. The van der Waals surface area contributed by atoms with E-state index in [9.17, 15) is 9.59 Å². The maximum Gasteiger partial charge on any atom is 0.336 e. The minimum Gasteiger partial charge on any atom is -0.478 e. The lowest BCUT2D eigenvalue weighted by atomic mass is 10.0. The Labute approximate surface area is 110 Å². The third-order valence-corrected chi connectivity index (χ3v) is 2.42. The Morgan fingerprint density at radius 3 is 2.53 bits per heavy atom. The second kappa shape index (κ2) is 5.90. The first kappa shape index (κ1) is 14.6. The molecule has 0 aliphatic heterocycles. The van der Waals surface area contributed by atoms with Crippen molar-refractivity contribution in [3.63, 3.8) is 0 Å². The number of rotatable bonds is 4. The zero-order valence-electron chi connectivity index (χ0n) is 10.8. The molecule has 6 heteroatoms. The van der Waals surface area contributed by atoms with Crippen molar-refractivity contribution in [2.75, 3.05) is 18.1 Å². The lowest BCUT2D eigenvalue weighted by molar-refractivity contribution is -0.138. The summed E-state index contributed by atoms with van der Waals surface area (Å²) in [5.41, 5.74) is 12.2. The average Bonchev–Trinajstić information content (AvgIpc) is 2.32. The summed E-state index contributed by atoms with van der Waals surface area (Å²) in [7, 11) is 0. The molecule has 0 aromatic heterocycles. The van der Waals surface area contributed by atoms with Gasteiger partial charge in [-0.3, -0.25) is 0 Å². The zero-order chi connectivity index (χ0) is 14.6. The third kappa shape index (κ3) is 3.48. The first-order valence-electron chi connectivity index (χ1n) is 5.64. The Morgan fingerprint density at radius 1 is 1.37 bits per heavy atom. The van der Waals surface area contributed by atoms with E-state index in [0.717, 1.165) is 0 Å². The molecular formula is C13H16N2O4. The molecular weight excluding hydrogens is 248 g/mol. The van der Waals surface area contributed by atoms with Crippen molar-refractivity contribution in [2.24, 2.45) is 0 Å². The molecule has 5 N–H and O–H groups in total. The first-order chi connectivity index (χ1) is 8.86. The predicted molar refractivity (Wildman–Crippen MR) is 72.5 cm³/mol. The number of carboxylic acids is 1. The summed E-state index contributed by atoms with van der Waals surface area (Å²) in [6.07, 6.45) is 1.39. The number of nitrogens with two attached hydrogens (primary N) is 2. The van der Waals surface area contributed by atoms with Gasteiger partial charge in [0.2, 0.25) is 0 Å². The molecule has 0 spiro atoms. The van der Waals surface area contributed by atoms with Crippen LogP contribution in [-0.4, -0.2) is 23.7 Å². The highest BCUT2D eigenvalue weighted by Crippen LogP contribution is 2.24. The monoisotopic (exact) mass is 264 g/mol. The standard InChI is InChI=1S/C13H16N2O4/c1-3-19-13(18)7(2)4-9-10(12(16)17)5-8(14)6-11(9)15/h4-6H,3,14-15H2,1-2H3,(H,16,17). The molecule has 0 radical (unpaired) electrons. The molecule has 0 aliphatic rings. The number of esters is 1. The minimum atomic E-state index is -1.16. The molecule has 1 aromatic rings. The lowest BCUT2D eigenvalue weighted by Gasteiger charge is -2.08. The third-order valence-electron chi connectivity index (χ3n) is 2.42. The molecule has 0 amide bonds. The van der Waals surface area contributed by atoms with Crippen molar-refractivity contribution < 1.29 is 19.4 Å². The van der Waals surface area contributed by atoms with E-state index in [4.69, 9.17) is 21.3 Å². The minimum absolute atomic E-state index is 0.0545. The van der Waals surface area contributed by atoms with Gasteiger partial charge in [0.05, 0.1) is 12.2 Å². The van der Waals surface area contributed by atoms with Crippen LogP contribution in [-0.2, 0) is 9.53 Å². The van der Waals surface area contributed by atoms with E-state index >= 15 is 0 Å². The molecule has 0 saturated carbocycles. The quantitative estimate of drug-likeness (QED) is 0.431. The summed E-state index contributed by atoms with van der Waals surface area (Å²) >= 11 is 0. The molecule has 19 heavy (non-hydrogen) atoms. The second-order valence-corrected chi connectivity index (χ2v) is 3.92. The topological polar surface area (TPSA) is 116 Å². The summed E-state index contributed by atoms with van der Waals surface area (Å²) in [5, 5.41) is 9.11. The van der Waals surface area contributed by atoms with Crippen LogP contribution in [0.5, 0.6) is 0 Å². The number of ether oxygens (including phenoxy) is 1. The van der Waals surface area contributed by atoms with E-state index in [0.29, 0.717) is 0 Å². The van der Waals surface area contributed by atoms with Crippen LogP contribution in [0.2, 0.25) is 0 Å². The Bertz CT molecular complexity index is 550. The van der Waals surface area contributed by atoms with Crippen LogP contribution in [0.4, 0.5) is 11.4 Å². The molecule has 0 atom stereocenters. The Balaban J connectivity index is 3.30. The molecule has 102 valence electrons.